The summed E-state index contributed by atoms with van der Waals surface area (Å²) in [4.78, 5) is 13.1. The van der Waals surface area contributed by atoms with Crippen LogP contribution in [0.4, 0.5) is 5.69 Å². The van der Waals surface area contributed by atoms with Crippen molar-refractivity contribution < 1.29 is 17.9 Å². The van der Waals surface area contributed by atoms with Crippen LogP contribution in [0.2, 0.25) is 0 Å². The van der Waals surface area contributed by atoms with Gasteiger partial charge in [-0.15, -0.1) is 0 Å². The summed E-state index contributed by atoms with van der Waals surface area (Å²) in [6.07, 6.45) is 0. The average Bonchev–Trinajstić information content (AvgIpc) is 3.27. The topological polar surface area (TPSA) is 110 Å². The summed E-state index contributed by atoms with van der Waals surface area (Å²) in [6.45, 7) is 0. The first-order chi connectivity index (χ1) is 15.0. The number of ether oxygens (including phenoxy) is 1. The molecule has 1 amide bonds. The van der Waals surface area contributed by atoms with Crippen LogP contribution in [0.5, 0.6) is 5.75 Å². The van der Waals surface area contributed by atoms with Crippen LogP contribution in [-0.4, -0.2) is 30.2 Å². The van der Waals surface area contributed by atoms with Gasteiger partial charge in [-0.25, -0.2) is 8.42 Å². The second-order valence-electron chi connectivity index (χ2n) is 6.57. The Hall–Kier alpha value is -3.34. The molecule has 1 heterocycles. The van der Waals surface area contributed by atoms with E-state index in [1.54, 1.807) is 73.8 Å². The Labute approximate surface area is 183 Å². The molecule has 1 atom stereocenters. The summed E-state index contributed by atoms with van der Waals surface area (Å²) in [5, 5.41) is 2.75. The van der Waals surface area contributed by atoms with Crippen LogP contribution in [-0.2, 0) is 14.8 Å². The zero-order valence-corrected chi connectivity index (χ0v) is 18.0. The Kier molecular flexibility index (Phi) is 5.94. The van der Waals surface area contributed by atoms with Crippen molar-refractivity contribution in [3.63, 3.8) is 0 Å². The molecule has 0 unspecified atom stereocenters. The fourth-order valence-corrected chi connectivity index (χ4v) is 4.97. The number of nitrogens with one attached hydrogen (secondary N) is 2. The van der Waals surface area contributed by atoms with Crippen molar-refractivity contribution in [2.24, 2.45) is 0 Å². The minimum atomic E-state index is -4.08. The van der Waals surface area contributed by atoms with E-state index in [1.165, 1.54) is 6.07 Å². The quantitative estimate of drug-likeness (QED) is 0.443. The van der Waals surface area contributed by atoms with Gasteiger partial charge >= 0.3 is 0 Å². The number of benzene rings is 3. The third-order valence-electron chi connectivity index (χ3n) is 4.56. The monoisotopic (exact) mass is 454 g/mol. The fraction of sp³-hybridized carbons (Fsp3) is 0.0952. The SMILES string of the molecule is COc1ccc(NC(=O)[C@H](NS(=O)(=O)c2cccc3nsnc23)c2ccccc2)cc1. The third-order valence-corrected chi connectivity index (χ3v) is 6.56. The number of methoxy groups -OCH3 is 1. The molecule has 2 N–H and O–H groups in total. The number of anilines is 1. The number of sulfonamides is 1. The van der Waals surface area contributed by atoms with Gasteiger partial charge in [0.2, 0.25) is 15.9 Å². The molecule has 0 spiro atoms. The first-order valence-electron chi connectivity index (χ1n) is 9.21. The second-order valence-corrected chi connectivity index (χ2v) is 8.78. The molecular weight excluding hydrogens is 436 g/mol. The molecule has 3 aromatic carbocycles. The molecule has 0 bridgehead atoms. The maximum atomic E-state index is 13.2. The molecule has 0 aliphatic carbocycles. The summed E-state index contributed by atoms with van der Waals surface area (Å²) in [5.74, 6) is 0.117. The van der Waals surface area contributed by atoms with Gasteiger partial charge in [-0.2, -0.15) is 13.5 Å². The maximum Gasteiger partial charge on any atom is 0.247 e. The Morgan fingerprint density at radius 1 is 0.968 bits per heavy atom. The number of rotatable bonds is 7. The van der Waals surface area contributed by atoms with Crippen LogP contribution in [0.1, 0.15) is 11.6 Å². The maximum absolute atomic E-state index is 13.2. The lowest BCUT2D eigenvalue weighted by Crippen LogP contribution is -2.37. The van der Waals surface area contributed by atoms with E-state index in [2.05, 4.69) is 18.8 Å². The van der Waals surface area contributed by atoms with Gasteiger partial charge in [-0.1, -0.05) is 36.4 Å². The number of hydrogen-bond donors (Lipinski definition) is 2. The van der Waals surface area contributed by atoms with Gasteiger partial charge < -0.3 is 10.1 Å². The number of hydrogen-bond acceptors (Lipinski definition) is 7. The number of nitrogens with zero attached hydrogens (tertiary/aromatic N) is 2. The molecule has 0 aliphatic heterocycles. The molecule has 31 heavy (non-hydrogen) atoms. The lowest BCUT2D eigenvalue weighted by Gasteiger charge is -2.19. The van der Waals surface area contributed by atoms with Gasteiger partial charge in [0.05, 0.1) is 18.8 Å². The Bertz CT molecular complexity index is 1310. The van der Waals surface area contributed by atoms with Gasteiger partial charge in [0.15, 0.2) is 0 Å². The third kappa shape index (κ3) is 4.55. The Morgan fingerprint density at radius 3 is 2.42 bits per heavy atom. The fourth-order valence-electron chi connectivity index (χ4n) is 3.02. The standard InChI is InChI=1S/C21H18N4O4S2/c1-29-16-12-10-15(11-13-16)22-21(26)19(14-6-3-2-4-7-14)25-31(27,28)18-9-5-8-17-20(18)24-30-23-17/h2-13,19,25H,1H3,(H,22,26)/t19-/m1/s1. The van der Waals surface area contributed by atoms with Crippen LogP contribution >= 0.6 is 11.7 Å². The zero-order chi connectivity index (χ0) is 21.8. The number of carbonyl (C=O) groups excluding carboxylic acids is 1. The summed E-state index contributed by atoms with van der Waals surface area (Å²) < 4.78 is 42.2. The lowest BCUT2D eigenvalue weighted by atomic mass is 10.1. The molecular formula is C21H18N4O4S2. The van der Waals surface area contributed by atoms with E-state index in [-0.39, 0.29) is 10.4 Å². The van der Waals surface area contributed by atoms with Crippen LogP contribution in [0.3, 0.4) is 0 Å². The predicted molar refractivity (Wildman–Crippen MR) is 119 cm³/mol. The number of carbonyl (C=O) groups is 1. The van der Waals surface area contributed by atoms with Crippen LogP contribution < -0.4 is 14.8 Å². The van der Waals surface area contributed by atoms with Gasteiger partial charge in [-0.05, 0) is 42.0 Å². The van der Waals surface area contributed by atoms with E-state index in [0.717, 1.165) is 11.7 Å². The highest BCUT2D eigenvalue weighted by Gasteiger charge is 2.29. The number of aromatic nitrogens is 2. The molecule has 10 heteroatoms. The Balaban J connectivity index is 1.66. The Morgan fingerprint density at radius 2 is 1.71 bits per heavy atom. The molecule has 4 aromatic rings. The second kappa shape index (κ2) is 8.80. The molecule has 0 aliphatic rings. The largest absolute Gasteiger partial charge is 0.497 e. The van der Waals surface area contributed by atoms with Crippen molar-refractivity contribution >= 4 is 44.4 Å². The normalized spacial score (nSPS) is 12.4. The molecule has 0 radical (unpaired) electrons. The summed E-state index contributed by atoms with van der Waals surface area (Å²) in [6, 6.07) is 19.0. The molecule has 158 valence electrons. The highest BCUT2D eigenvalue weighted by atomic mass is 32.2. The van der Waals surface area contributed by atoms with E-state index < -0.39 is 22.0 Å². The average molecular weight is 455 g/mol. The van der Waals surface area contributed by atoms with Crippen molar-refractivity contribution in [3.8, 4) is 5.75 Å². The van der Waals surface area contributed by atoms with Gasteiger partial charge in [0, 0.05) is 5.69 Å². The van der Waals surface area contributed by atoms with Gasteiger partial charge in [0.1, 0.15) is 27.7 Å². The molecule has 4 rings (SSSR count). The summed E-state index contributed by atoms with van der Waals surface area (Å²) in [7, 11) is -2.53. The molecule has 8 nitrogen and oxygen atoms in total. The van der Waals surface area contributed by atoms with Crippen molar-refractivity contribution in [3.05, 3.63) is 78.4 Å². The van der Waals surface area contributed by atoms with Gasteiger partial charge in [0.25, 0.3) is 0 Å². The van der Waals surface area contributed by atoms with Crippen molar-refractivity contribution in [2.75, 3.05) is 12.4 Å². The first kappa shape index (κ1) is 20.9. The molecule has 0 fully saturated rings. The van der Waals surface area contributed by atoms with E-state index >= 15 is 0 Å². The van der Waals surface area contributed by atoms with Crippen LogP contribution in [0, 0.1) is 0 Å². The van der Waals surface area contributed by atoms with Gasteiger partial charge in [-0.3, -0.25) is 4.79 Å². The molecule has 0 saturated heterocycles. The van der Waals surface area contributed by atoms with Crippen LogP contribution in [0.25, 0.3) is 11.0 Å². The van der Waals surface area contributed by atoms with E-state index in [0.29, 0.717) is 22.5 Å². The first-order valence-corrected chi connectivity index (χ1v) is 11.4. The van der Waals surface area contributed by atoms with Crippen molar-refractivity contribution in [2.45, 2.75) is 10.9 Å². The highest BCUT2D eigenvalue weighted by molar-refractivity contribution is 7.89. The van der Waals surface area contributed by atoms with E-state index in [9.17, 15) is 13.2 Å². The van der Waals surface area contributed by atoms with E-state index in [4.69, 9.17) is 4.74 Å². The minimum absolute atomic E-state index is 0.0306. The number of fused-ring (bicyclic) bond motifs is 1. The van der Waals surface area contributed by atoms with Crippen molar-refractivity contribution in [1.82, 2.24) is 13.5 Å². The minimum Gasteiger partial charge on any atom is -0.497 e. The summed E-state index contributed by atoms with van der Waals surface area (Å²) >= 11 is 0.928. The van der Waals surface area contributed by atoms with Crippen molar-refractivity contribution in [1.29, 1.82) is 0 Å². The predicted octanol–water partition coefficient (Wildman–Crippen LogP) is 3.36. The smallest absolute Gasteiger partial charge is 0.247 e. The number of amides is 1. The van der Waals surface area contributed by atoms with E-state index in [1.807, 2.05) is 0 Å². The van der Waals surface area contributed by atoms with Crippen LogP contribution in [0.15, 0.2) is 77.7 Å². The highest BCUT2D eigenvalue weighted by Crippen LogP contribution is 2.25. The molecule has 0 saturated carbocycles. The zero-order valence-electron chi connectivity index (χ0n) is 16.3. The lowest BCUT2D eigenvalue weighted by molar-refractivity contribution is -0.117. The molecule has 1 aromatic heterocycles. The summed E-state index contributed by atoms with van der Waals surface area (Å²) in [5.41, 5.74) is 1.76.